The molecule has 0 aliphatic carbocycles. The van der Waals surface area contributed by atoms with E-state index in [1.807, 2.05) is 14.0 Å². The van der Waals surface area contributed by atoms with Gasteiger partial charge in [0.05, 0.1) is 0 Å². The Morgan fingerprint density at radius 1 is 1.43 bits per heavy atom. The molecule has 1 saturated heterocycles. The van der Waals surface area contributed by atoms with Crippen molar-refractivity contribution < 1.29 is 4.52 Å². The van der Waals surface area contributed by atoms with Gasteiger partial charge in [0.15, 0.2) is 11.8 Å². The van der Waals surface area contributed by atoms with Gasteiger partial charge in [-0.05, 0) is 32.1 Å². The molecule has 0 saturated carbocycles. The Kier molecular flexibility index (Phi) is 7.98. The summed E-state index contributed by atoms with van der Waals surface area (Å²) in [5, 5.41) is 7.21. The minimum Gasteiger partial charge on any atom is -0.356 e. The average molecular weight is 407 g/mol. The van der Waals surface area contributed by atoms with Gasteiger partial charge in [-0.25, -0.2) is 0 Å². The topological polar surface area (TPSA) is 66.5 Å². The first-order valence-corrected chi connectivity index (χ1v) is 7.44. The third-order valence-corrected chi connectivity index (χ3v) is 3.72. The van der Waals surface area contributed by atoms with E-state index in [2.05, 4.69) is 32.3 Å². The first-order chi connectivity index (χ1) is 9.69. The lowest BCUT2D eigenvalue weighted by molar-refractivity contribution is 0.273. The molecule has 1 aromatic rings. The molecule has 0 radical (unpaired) electrons. The summed E-state index contributed by atoms with van der Waals surface area (Å²) < 4.78 is 5.10. The van der Waals surface area contributed by atoms with Crippen molar-refractivity contribution in [2.75, 3.05) is 26.7 Å². The number of aryl methyl sites for hydroxylation is 2. The molecule has 0 amide bonds. The molecule has 0 aromatic carbocycles. The highest BCUT2D eigenvalue weighted by Gasteiger charge is 2.18. The molecule has 1 aliphatic heterocycles. The average Bonchev–Trinajstić information content (AvgIpc) is 2.86. The van der Waals surface area contributed by atoms with Crippen LogP contribution in [-0.4, -0.2) is 47.7 Å². The van der Waals surface area contributed by atoms with Crippen molar-refractivity contribution in [3.05, 3.63) is 11.7 Å². The molecule has 1 N–H and O–H groups in total. The Bertz CT molecular complexity index is 440. The van der Waals surface area contributed by atoms with E-state index in [4.69, 9.17) is 4.52 Å². The van der Waals surface area contributed by atoms with Crippen LogP contribution in [0.25, 0.3) is 0 Å². The Labute approximate surface area is 143 Å². The maximum atomic E-state index is 5.10. The normalized spacial score (nSPS) is 16.7. The van der Waals surface area contributed by atoms with Gasteiger partial charge >= 0.3 is 0 Å². The summed E-state index contributed by atoms with van der Waals surface area (Å²) in [6.07, 6.45) is 4.27. The third kappa shape index (κ3) is 5.80. The van der Waals surface area contributed by atoms with Crippen LogP contribution in [0.15, 0.2) is 9.52 Å². The van der Waals surface area contributed by atoms with Crippen molar-refractivity contribution in [1.29, 1.82) is 0 Å². The van der Waals surface area contributed by atoms with Crippen molar-refractivity contribution in [2.45, 2.75) is 39.5 Å². The van der Waals surface area contributed by atoms with Crippen LogP contribution >= 0.6 is 24.0 Å². The van der Waals surface area contributed by atoms with Gasteiger partial charge in [0, 0.05) is 33.1 Å². The molecular weight excluding hydrogens is 381 g/mol. The van der Waals surface area contributed by atoms with Gasteiger partial charge in [-0.15, -0.1) is 24.0 Å². The summed E-state index contributed by atoms with van der Waals surface area (Å²) in [6.45, 7) is 7.23. The molecule has 6 nitrogen and oxygen atoms in total. The highest BCUT2D eigenvalue weighted by atomic mass is 127. The van der Waals surface area contributed by atoms with Gasteiger partial charge < -0.3 is 14.7 Å². The smallest absolute Gasteiger partial charge is 0.226 e. The lowest BCUT2D eigenvalue weighted by Gasteiger charge is -2.32. The fraction of sp³-hybridized carbons (Fsp3) is 0.786. The van der Waals surface area contributed by atoms with E-state index in [1.165, 1.54) is 12.8 Å². The summed E-state index contributed by atoms with van der Waals surface area (Å²) in [4.78, 5) is 10.9. The van der Waals surface area contributed by atoms with Gasteiger partial charge in [-0.1, -0.05) is 12.1 Å². The van der Waals surface area contributed by atoms with Crippen molar-refractivity contribution in [1.82, 2.24) is 20.4 Å². The Morgan fingerprint density at radius 3 is 2.71 bits per heavy atom. The molecule has 1 fully saturated rings. The van der Waals surface area contributed by atoms with Crippen molar-refractivity contribution >= 4 is 29.9 Å². The number of guanidine groups is 1. The van der Waals surface area contributed by atoms with Crippen LogP contribution < -0.4 is 5.32 Å². The standard InChI is InChI=1S/C14H25N5O.HI/c1-11-6-9-19(10-7-11)14(15-3)16-8-4-5-13-17-12(2)18-20-13;/h11H,4-10H2,1-3H3,(H,15,16);1H. The van der Waals surface area contributed by atoms with Crippen LogP contribution in [0, 0.1) is 12.8 Å². The summed E-state index contributed by atoms with van der Waals surface area (Å²) in [6, 6.07) is 0. The minimum absolute atomic E-state index is 0. The summed E-state index contributed by atoms with van der Waals surface area (Å²) in [7, 11) is 1.85. The van der Waals surface area contributed by atoms with E-state index in [-0.39, 0.29) is 24.0 Å². The number of piperidine rings is 1. The molecule has 0 atom stereocenters. The molecule has 2 rings (SSSR count). The van der Waals surface area contributed by atoms with E-state index >= 15 is 0 Å². The largest absolute Gasteiger partial charge is 0.356 e. The first kappa shape index (κ1) is 18.2. The molecule has 2 heterocycles. The summed E-state index contributed by atoms with van der Waals surface area (Å²) in [5.41, 5.74) is 0. The van der Waals surface area contributed by atoms with Crippen LogP contribution in [0.2, 0.25) is 0 Å². The number of hydrogen-bond acceptors (Lipinski definition) is 4. The zero-order chi connectivity index (χ0) is 14.4. The molecule has 0 unspecified atom stereocenters. The monoisotopic (exact) mass is 407 g/mol. The Hall–Kier alpha value is -0.860. The van der Waals surface area contributed by atoms with Gasteiger partial charge in [0.2, 0.25) is 5.89 Å². The number of aromatic nitrogens is 2. The zero-order valence-corrected chi connectivity index (χ0v) is 15.5. The number of aliphatic imine (C=N–C) groups is 1. The summed E-state index contributed by atoms with van der Waals surface area (Å²) in [5.74, 6) is 3.26. The van der Waals surface area contributed by atoms with Crippen molar-refractivity contribution in [2.24, 2.45) is 10.9 Å². The lowest BCUT2D eigenvalue weighted by atomic mass is 10.00. The molecule has 1 aliphatic rings. The number of nitrogens with one attached hydrogen (secondary N) is 1. The molecular formula is C14H26IN5O. The first-order valence-electron chi connectivity index (χ1n) is 7.44. The predicted molar refractivity (Wildman–Crippen MR) is 94.1 cm³/mol. The minimum atomic E-state index is 0. The van der Waals surface area contributed by atoms with Crippen LogP contribution in [0.4, 0.5) is 0 Å². The number of halogens is 1. The highest BCUT2D eigenvalue weighted by Crippen LogP contribution is 2.15. The maximum Gasteiger partial charge on any atom is 0.226 e. The number of rotatable bonds is 4. The second kappa shape index (κ2) is 9.22. The van der Waals surface area contributed by atoms with E-state index < -0.39 is 0 Å². The molecule has 21 heavy (non-hydrogen) atoms. The second-order valence-corrected chi connectivity index (χ2v) is 5.48. The molecule has 1 aromatic heterocycles. The van der Waals surface area contributed by atoms with Gasteiger partial charge in [0.25, 0.3) is 0 Å². The van der Waals surface area contributed by atoms with E-state index in [0.29, 0.717) is 11.7 Å². The lowest BCUT2D eigenvalue weighted by Crippen LogP contribution is -2.45. The van der Waals surface area contributed by atoms with Gasteiger partial charge in [0.1, 0.15) is 0 Å². The van der Waals surface area contributed by atoms with Gasteiger partial charge in [-0.3, -0.25) is 4.99 Å². The molecule has 0 bridgehead atoms. The van der Waals surface area contributed by atoms with Crippen LogP contribution in [0.1, 0.15) is 37.9 Å². The Balaban J connectivity index is 0.00000220. The number of hydrogen-bond donors (Lipinski definition) is 1. The zero-order valence-electron chi connectivity index (χ0n) is 13.1. The fourth-order valence-corrected chi connectivity index (χ4v) is 2.43. The maximum absolute atomic E-state index is 5.10. The quantitative estimate of drug-likeness (QED) is 0.359. The SMILES string of the molecule is CN=C(NCCCc1nc(C)no1)N1CCC(C)CC1.I. The Morgan fingerprint density at radius 2 is 2.14 bits per heavy atom. The van der Waals surface area contributed by atoms with Gasteiger partial charge in [-0.2, -0.15) is 4.98 Å². The van der Waals surface area contributed by atoms with E-state index in [0.717, 1.165) is 44.4 Å². The molecule has 120 valence electrons. The molecule has 7 heteroatoms. The van der Waals surface area contributed by atoms with Crippen LogP contribution in [0.3, 0.4) is 0 Å². The highest BCUT2D eigenvalue weighted by molar-refractivity contribution is 14.0. The van der Waals surface area contributed by atoms with Crippen molar-refractivity contribution in [3.63, 3.8) is 0 Å². The van der Waals surface area contributed by atoms with Crippen LogP contribution in [0.5, 0.6) is 0 Å². The van der Waals surface area contributed by atoms with E-state index in [9.17, 15) is 0 Å². The number of nitrogens with zero attached hydrogens (tertiary/aromatic N) is 4. The second-order valence-electron chi connectivity index (χ2n) is 5.48. The summed E-state index contributed by atoms with van der Waals surface area (Å²) >= 11 is 0. The predicted octanol–water partition coefficient (Wildman–Crippen LogP) is 2.24. The molecule has 0 spiro atoms. The third-order valence-electron chi connectivity index (χ3n) is 3.72. The van der Waals surface area contributed by atoms with Crippen molar-refractivity contribution in [3.8, 4) is 0 Å². The number of likely N-dealkylation sites (tertiary alicyclic amines) is 1. The van der Waals surface area contributed by atoms with E-state index in [1.54, 1.807) is 0 Å². The fourth-order valence-electron chi connectivity index (χ4n) is 2.43. The van der Waals surface area contributed by atoms with Crippen LogP contribution in [-0.2, 0) is 6.42 Å².